The van der Waals surface area contributed by atoms with E-state index < -0.39 is 0 Å². The highest BCUT2D eigenvalue weighted by atomic mass is 16.3. The third-order valence-electron chi connectivity index (χ3n) is 4.63. The lowest BCUT2D eigenvalue weighted by molar-refractivity contribution is -0.905. The molecule has 1 saturated heterocycles. The van der Waals surface area contributed by atoms with Gasteiger partial charge < -0.3 is 10.0 Å². The van der Waals surface area contributed by atoms with Crippen molar-refractivity contribution in [3.63, 3.8) is 0 Å². The van der Waals surface area contributed by atoms with Crippen molar-refractivity contribution in [3.05, 3.63) is 42.0 Å². The maximum atomic E-state index is 10.2. The van der Waals surface area contributed by atoms with Gasteiger partial charge in [-0.3, -0.25) is 4.99 Å². The van der Waals surface area contributed by atoms with Crippen molar-refractivity contribution < 1.29 is 10.0 Å². The number of aromatic hydroxyl groups is 1. The van der Waals surface area contributed by atoms with Crippen molar-refractivity contribution in [2.45, 2.75) is 32.2 Å². The number of aliphatic imine (C=N–C) groups is 1. The van der Waals surface area contributed by atoms with Crippen LogP contribution in [0.25, 0.3) is 10.8 Å². The fraction of sp³-hybridized carbons (Fsp3) is 0.421. The number of hydrogen-bond donors (Lipinski definition) is 2. The summed E-state index contributed by atoms with van der Waals surface area (Å²) in [7, 11) is 0. The van der Waals surface area contributed by atoms with E-state index in [1.54, 1.807) is 11.0 Å². The lowest BCUT2D eigenvalue weighted by Crippen LogP contribution is -3.13. The second-order valence-corrected chi connectivity index (χ2v) is 6.23. The van der Waals surface area contributed by atoms with Gasteiger partial charge in [0.05, 0.1) is 25.7 Å². The van der Waals surface area contributed by atoms with Gasteiger partial charge in [0, 0.05) is 24.6 Å². The van der Waals surface area contributed by atoms with Gasteiger partial charge in [-0.2, -0.15) is 0 Å². The van der Waals surface area contributed by atoms with Crippen LogP contribution in [0.4, 0.5) is 0 Å². The predicted molar refractivity (Wildman–Crippen MR) is 92.1 cm³/mol. The Kier molecular flexibility index (Phi) is 4.74. The van der Waals surface area contributed by atoms with Crippen LogP contribution in [0.1, 0.15) is 31.7 Å². The number of piperidine rings is 1. The molecule has 0 saturated carbocycles. The SMILES string of the molecule is CCC[NH+]1CCC(N=Cc2c(O)ccc3ccccc23)CC1. The molecule has 0 unspecified atom stereocenters. The fourth-order valence-corrected chi connectivity index (χ4v) is 3.36. The van der Waals surface area contributed by atoms with Crippen LogP contribution < -0.4 is 4.90 Å². The van der Waals surface area contributed by atoms with Crippen LogP contribution in [0, 0.1) is 0 Å². The van der Waals surface area contributed by atoms with Gasteiger partial charge >= 0.3 is 0 Å². The van der Waals surface area contributed by atoms with Gasteiger partial charge in [0.15, 0.2) is 0 Å². The molecule has 3 heteroatoms. The van der Waals surface area contributed by atoms with Crippen molar-refractivity contribution in [2.75, 3.05) is 19.6 Å². The third kappa shape index (κ3) is 3.30. The molecule has 1 fully saturated rings. The Labute approximate surface area is 132 Å². The van der Waals surface area contributed by atoms with Crippen LogP contribution in [-0.2, 0) is 0 Å². The standard InChI is InChI=1S/C19H24N2O/c1-2-11-21-12-9-16(10-13-21)20-14-18-17-6-4-3-5-15(17)7-8-19(18)22/h3-8,14,16,22H,2,9-13H2,1H3/p+1. The summed E-state index contributed by atoms with van der Waals surface area (Å²) in [6.45, 7) is 5.97. The molecule has 2 aromatic carbocycles. The molecule has 2 N–H and O–H groups in total. The fourth-order valence-electron chi connectivity index (χ4n) is 3.36. The quantitative estimate of drug-likeness (QED) is 0.836. The van der Waals surface area contributed by atoms with Gasteiger partial charge in [0.1, 0.15) is 5.75 Å². The highest BCUT2D eigenvalue weighted by molar-refractivity contribution is 6.02. The minimum Gasteiger partial charge on any atom is -0.507 e. The number of nitrogens with one attached hydrogen (secondary N) is 1. The van der Waals surface area contributed by atoms with E-state index in [1.165, 1.54) is 26.1 Å². The molecule has 1 aliphatic rings. The van der Waals surface area contributed by atoms with Crippen LogP contribution >= 0.6 is 0 Å². The molecule has 0 radical (unpaired) electrons. The van der Waals surface area contributed by atoms with Crippen molar-refractivity contribution in [3.8, 4) is 5.75 Å². The molecular weight excluding hydrogens is 272 g/mol. The maximum absolute atomic E-state index is 10.2. The van der Waals surface area contributed by atoms with Crippen LogP contribution in [-0.4, -0.2) is 37.0 Å². The largest absolute Gasteiger partial charge is 0.507 e. The molecule has 0 atom stereocenters. The molecule has 0 aromatic heterocycles. The summed E-state index contributed by atoms with van der Waals surface area (Å²) in [4.78, 5) is 6.47. The van der Waals surface area contributed by atoms with E-state index in [9.17, 15) is 5.11 Å². The maximum Gasteiger partial charge on any atom is 0.124 e. The zero-order valence-corrected chi connectivity index (χ0v) is 13.3. The summed E-state index contributed by atoms with van der Waals surface area (Å²) < 4.78 is 0. The highest BCUT2D eigenvalue weighted by Gasteiger charge is 2.20. The second kappa shape index (κ2) is 6.93. The molecule has 3 nitrogen and oxygen atoms in total. The zero-order chi connectivity index (χ0) is 15.4. The molecule has 0 bridgehead atoms. The van der Waals surface area contributed by atoms with E-state index in [0.717, 1.165) is 29.2 Å². The molecule has 116 valence electrons. The first kappa shape index (κ1) is 15.0. The van der Waals surface area contributed by atoms with E-state index in [2.05, 4.69) is 13.0 Å². The Balaban J connectivity index is 1.75. The minimum absolute atomic E-state index is 0.316. The number of fused-ring (bicyclic) bond motifs is 1. The molecule has 22 heavy (non-hydrogen) atoms. The van der Waals surface area contributed by atoms with E-state index in [4.69, 9.17) is 4.99 Å². The van der Waals surface area contributed by atoms with Crippen molar-refractivity contribution >= 4 is 17.0 Å². The Hall–Kier alpha value is -1.87. The molecule has 0 spiro atoms. The van der Waals surface area contributed by atoms with Crippen molar-refractivity contribution in [1.29, 1.82) is 0 Å². The molecule has 0 amide bonds. The number of quaternary nitrogens is 1. The first-order valence-electron chi connectivity index (χ1n) is 8.35. The van der Waals surface area contributed by atoms with E-state index in [1.807, 2.05) is 30.5 Å². The second-order valence-electron chi connectivity index (χ2n) is 6.23. The highest BCUT2D eigenvalue weighted by Crippen LogP contribution is 2.25. The molecular formula is C19H25N2O+. The Morgan fingerprint density at radius 3 is 2.73 bits per heavy atom. The number of benzene rings is 2. The zero-order valence-electron chi connectivity index (χ0n) is 13.3. The Morgan fingerprint density at radius 1 is 1.18 bits per heavy atom. The lowest BCUT2D eigenvalue weighted by Gasteiger charge is -2.27. The number of likely N-dealkylation sites (tertiary alicyclic amines) is 1. The average molecular weight is 297 g/mol. The predicted octanol–water partition coefficient (Wildman–Crippen LogP) is 2.42. The Morgan fingerprint density at radius 2 is 1.95 bits per heavy atom. The normalized spacial score (nSPS) is 22.4. The topological polar surface area (TPSA) is 37.0 Å². The van der Waals surface area contributed by atoms with Crippen LogP contribution in [0.5, 0.6) is 5.75 Å². The van der Waals surface area contributed by atoms with Gasteiger partial charge in [-0.1, -0.05) is 37.3 Å². The summed E-state index contributed by atoms with van der Waals surface area (Å²) in [5.74, 6) is 0.316. The monoisotopic (exact) mass is 297 g/mol. The summed E-state index contributed by atoms with van der Waals surface area (Å²) in [5, 5.41) is 12.4. The van der Waals surface area contributed by atoms with Gasteiger partial charge in [-0.05, 0) is 23.3 Å². The number of phenolic OH excluding ortho intramolecular Hbond substituents is 1. The van der Waals surface area contributed by atoms with Crippen molar-refractivity contribution in [1.82, 2.24) is 0 Å². The van der Waals surface area contributed by atoms with E-state index >= 15 is 0 Å². The number of nitrogens with zero attached hydrogens (tertiary/aromatic N) is 1. The third-order valence-corrected chi connectivity index (χ3v) is 4.63. The minimum atomic E-state index is 0.316. The Bertz CT molecular complexity index is 658. The molecule has 3 rings (SSSR count). The summed E-state index contributed by atoms with van der Waals surface area (Å²) >= 11 is 0. The first-order chi connectivity index (χ1) is 10.8. The summed E-state index contributed by atoms with van der Waals surface area (Å²) in [5.41, 5.74) is 0.849. The number of phenols is 1. The molecule has 2 aromatic rings. The van der Waals surface area contributed by atoms with Gasteiger partial charge in [0.25, 0.3) is 0 Å². The van der Waals surface area contributed by atoms with Crippen LogP contribution in [0.15, 0.2) is 41.4 Å². The van der Waals surface area contributed by atoms with E-state index in [0.29, 0.717) is 11.8 Å². The molecule has 1 aliphatic heterocycles. The van der Waals surface area contributed by atoms with Crippen LogP contribution in [0.3, 0.4) is 0 Å². The average Bonchev–Trinajstić information content (AvgIpc) is 2.56. The van der Waals surface area contributed by atoms with Crippen LogP contribution in [0.2, 0.25) is 0 Å². The van der Waals surface area contributed by atoms with Gasteiger partial charge in [0.2, 0.25) is 0 Å². The van der Waals surface area contributed by atoms with Gasteiger partial charge in [-0.15, -0.1) is 0 Å². The van der Waals surface area contributed by atoms with E-state index in [-0.39, 0.29) is 0 Å². The van der Waals surface area contributed by atoms with Crippen molar-refractivity contribution in [2.24, 2.45) is 4.99 Å². The first-order valence-corrected chi connectivity index (χ1v) is 8.35. The lowest BCUT2D eigenvalue weighted by atomic mass is 10.0. The number of hydrogen-bond acceptors (Lipinski definition) is 2. The summed E-state index contributed by atoms with van der Waals surface area (Å²) in [6.07, 6.45) is 5.44. The number of rotatable bonds is 4. The summed E-state index contributed by atoms with van der Waals surface area (Å²) in [6, 6.07) is 12.3. The van der Waals surface area contributed by atoms with Gasteiger partial charge in [-0.25, -0.2) is 0 Å². The molecule has 1 heterocycles. The smallest absolute Gasteiger partial charge is 0.124 e. The molecule has 0 aliphatic carbocycles.